The first-order valence-electron chi connectivity index (χ1n) is 9.18. The van der Waals surface area contributed by atoms with Crippen LogP contribution in [0.3, 0.4) is 0 Å². The van der Waals surface area contributed by atoms with Gasteiger partial charge in [-0.2, -0.15) is 8.42 Å². The van der Waals surface area contributed by atoms with Crippen molar-refractivity contribution >= 4 is 27.5 Å². The van der Waals surface area contributed by atoms with Crippen LogP contribution >= 0.6 is 0 Å². The van der Waals surface area contributed by atoms with Crippen molar-refractivity contribution in [3.63, 3.8) is 0 Å². The van der Waals surface area contributed by atoms with Crippen LogP contribution in [0.25, 0.3) is 0 Å². The molecule has 1 atom stereocenters. The number of ether oxygens (including phenoxy) is 2. The second-order valence-electron chi connectivity index (χ2n) is 6.83. The molecule has 2 aromatic rings. The van der Waals surface area contributed by atoms with Crippen LogP contribution in [0.15, 0.2) is 51.8 Å². The fourth-order valence-corrected chi connectivity index (χ4v) is 4.91. The van der Waals surface area contributed by atoms with Gasteiger partial charge in [-0.1, -0.05) is 12.1 Å². The molecule has 0 saturated carbocycles. The van der Waals surface area contributed by atoms with Gasteiger partial charge in [0.15, 0.2) is 5.84 Å². The highest BCUT2D eigenvalue weighted by Crippen LogP contribution is 2.32. The summed E-state index contributed by atoms with van der Waals surface area (Å²) in [4.78, 5) is 15.0. The molecule has 8 nitrogen and oxygen atoms in total. The van der Waals surface area contributed by atoms with E-state index in [1.54, 1.807) is 41.3 Å². The Labute approximate surface area is 169 Å². The fraction of sp³-hybridized carbons (Fsp3) is 0.300. The molecule has 2 heterocycles. The van der Waals surface area contributed by atoms with E-state index in [-0.39, 0.29) is 10.8 Å². The summed E-state index contributed by atoms with van der Waals surface area (Å²) in [5.41, 5.74) is 1.08. The Kier molecular flexibility index (Phi) is 4.91. The van der Waals surface area contributed by atoms with Gasteiger partial charge in [-0.05, 0) is 25.0 Å². The van der Waals surface area contributed by atoms with Crippen molar-refractivity contribution in [3.8, 4) is 11.5 Å². The summed E-state index contributed by atoms with van der Waals surface area (Å²) in [6.45, 7) is 0.558. The predicted octanol–water partition coefficient (Wildman–Crippen LogP) is 2.26. The zero-order valence-corrected chi connectivity index (χ0v) is 16.9. The van der Waals surface area contributed by atoms with Crippen molar-refractivity contribution in [3.05, 3.63) is 48.0 Å². The van der Waals surface area contributed by atoms with Gasteiger partial charge in [0.25, 0.3) is 10.0 Å². The second-order valence-corrected chi connectivity index (χ2v) is 8.40. The van der Waals surface area contributed by atoms with Crippen LogP contribution < -0.4 is 14.8 Å². The normalized spacial score (nSPS) is 19.4. The number of methoxy groups -OCH3 is 2. The van der Waals surface area contributed by atoms with Crippen LogP contribution in [0.2, 0.25) is 0 Å². The van der Waals surface area contributed by atoms with E-state index in [1.807, 2.05) is 0 Å². The molecule has 0 aromatic heterocycles. The Morgan fingerprint density at radius 1 is 1.14 bits per heavy atom. The SMILES string of the molecule is COc1cc(NC(=O)[C@@H]2CCCN2C2=NS(=O)(=O)c3ccccc32)cc(OC)c1. The number of rotatable bonds is 4. The van der Waals surface area contributed by atoms with Gasteiger partial charge in [0.05, 0.1) is 14.2 Å². The lowest BCUT2D eigenvalue weighted by Crippen LogP contribution is -2.43. The first kappa shape index (κ1) is 19.3. The van der Waals surface area contributed by atoms with E-state index in [9.17, 15) is 13.2 Å². The third-order valence-corrected chi connectivity index (χ3v) is 6.38. The molecule has 1 amide bonds. The number of amides is 1. The molecule has 0 aliphatic carbocycles. The summed E-state index contributed by atoms with van der Waals surface area (Å²) in [6.07, 6.45) is 1.37. The Balaban J connectivity index is 1.61. The molecule has 152 valence electrons. The van der Waals surface area contributed by atoms with E-state index in [2.05, 4.69) is 9.71 Å². The smallest absolute Gasteiger partial charge is 0.285 e. The average Bonchev–Trinajstić information content (AvgIpc) is 3.30. The number of hydrogen-bond acceptors (Lipinski definition) is 6. The van der Waals surface area contributed by atoms with E-state index in [0.717, 1.165) is 6.42 Å². The molecule has 1 fully saturated rings. The van der Waals surface area contributed by atoms with Crippen LogP contribution in [0.1, 0.15) is 18.4 Å². The minimum absolute atomic E-state index is 0.179. The van der Waals surface area contributed by atoms with E-state index < -0.39 is 16.1 Å². The summed E-state index contributed by atoms with van der Waals surface area (Å²) in [7, 11) is -0.663. The van der Waals surface area contributed by atoms with Gasteiger partial charge >= 0.3 is 0 Å². The minimum atomic E-state index is -3.74. The highest BCUT2D eigenvalue weighted by atomic mass is 32.2. The number of sulfonamides is 1. The molecule has 4 rings (SSSR count). The monoisotopic (exact) mass is 415 g/mol. The number of likely N-dealkylation sites (tertiary alicyclic amines) is 1. The number of nitrogens with zero attached hydrogens (tertiary/aromatic N) is 2. The summed E-state index contributed by atoms with van der Waals surface area (Å²) in [5.74, 6) is 1.22. The molecule has 0 spiro atoms. The van der Waals surface area contributed by atoms with Crippen molar-refractivity contribution in [1.82, 2.24) is 4.90 Å². The van der Waals surface area contributed by atoms with Crippen LogP contribution in [0.4, 0.5) is 5.69 Å². The number of benzene rings is 2. The number of nitrogens with one attached hydrogen (secondary N) is 1. The minimum Gasteiger partial charge on any atom is -0.497 e. The Morgan fingerprint density at radius 3 is 2.52 bits per heavy atom. The zero-order chi connectivity index (χ0) is 20.6. The lowest BCUT2D eigenvalue weighted by atomic mass is 10.1. The molecule has 0 unspecified atom stereocenters. The maximum Gasteiger partial charge on any atom is 0.285 e. The van der Waals surface area contributed by atoms with Gasteiger partial charge < -0.3 is 19.7 Å². The quantitative estimate of drug-likeness (QED) is 0.823. The standard InChI is InChI=1S/C20H21N3O5S/c1-27-14-10-13(11-15(12-14)28-2)21-20(24)17-7-5-9-23(17)19-16-6-3-4-8-18(16)29(25,26)22-19/h3-4,6,8,10-12,17H,5,7,9H2,1-2H3,(H,21,24)/t17-/m0/s1. The Hall–Kier alpha value is -3.07. The van der Waals surface area contributed by atoms with Crippen molar-refractivity contribution in [2.24, 2.45) is 4.40 Å². The number of carbonyl (C=O) groups is 1. The predicted molar refractivity (Wildman–Crippen MR) is 108 cm³/mol. The van der Waals surface area contributed by atoms with E-state index in [1.165, 1.54) is 20.3 Å². The molecular weight excluding hydrogens is 394 g/mol. The summed E-state index contributed by atoms with van der Waals surface area (Å²) in [6, 6.07) is 11.3. The molecule has 29 heavy (non-hydrogen) atoms. The largest absolute Gasteiger partial charge is 0.497 e. The maximum absolute atomic E-state index is 13.0. The Bertz CT molecular complexity index is 1070. The van der Waals surface area contributed by atoms with Gasteiger partial charge in [-0.3, -0.25) is 4.79 Å². The Morgan fingerprint density at radius 2 is 1.83 bits per heavy atom. The van der Waals surface area contributed by atoms with Crippen molar-refractivity contribution in [1.29, 1.82) is 0 Å². The highest BCUT2D eigenvalue weighted by Gasteiger charge is 2.39. The third-order valence-electron chi connectivity index (χ3n) is 5.06. The number of carbonyl (C=O) groups excluding carboxylic acids is 1. The van der Waals surface area contributed by atoms with Crippen LogP contribution in [-0.2, 0) is 14.8 Å². The molecule has 1 saturated heterocycles. The topological polar surface area (TPSA) is 97.3 Å². The maximum atomic E-state index is 13.0. The average molecular weight is 415 g/mol. The van der Waals surface area contributed by atoms with Gasteiger partial charge in [0, 0.05) is 36.0 Å². The molecule has 2 aliphatic heterocycles. The molecule has 1 N–H and O–H groups in total. The highest BCUT2D eigenvalue weighted by molar-refractivity contribution is 7.90. The number of anilines is 1. The summed E-state index contributed by atoms with van der Waals surface area (Å²) in [5, 5.41) is 2.89. The third kappa shape index (κ3) is 3.53. The molecule has 9 heteroatoms. The molecule has 0 bridgehead atoms. The van der Waals surface area contributed by atoms with Gasteiger partial charge in [0.2, 0.25) is 5.91 Å². The first-order chi connectivity index (χ1) is 13.9. The fourth-order valence-electron chi connectivity index (χ4n) is 3.69. The lowest BCUT2D eigenvalue weighted by molar-refractivity contribution is -0.119. The molecular formula is C20H21N3O5S. The first-order valence-corrected chi connectivity index (χ1v) is 10.6. The summed E-state index contributed by atoms with van der Waals surface area (Å²) >= 11 is 0. The van der Waals surface area contributed by atoms with Crippen molar-refractivity contribution < 1.29 is 22.7 Å². The number of fused-ring (bicyclic) bond motifs is 1. The van der Waals surface area contributed by atoms with E-state index in [0.29, 0.717) is 41.6 Å². The van der Waals surface area contributed by atoms with Gasteiger partial charge in [-0.15, -0.1) is 4.40 Å². The lowest BCUT2D eigenvalue weighted by Gasteiger charge is -2.25. The van der Waals surface area contributed by atoms with Crippen molar-refractivity contribution in [2.75, 3.05) is 26.1 Å². The van der Waals surface area contributed by atoms with Crippen LogP contribution in [0, 0.1) is 0 Å². The number of amidine groups is 1. The number of hydrogen-bond donors (Lipinski definition) is 1. The van der Waals surface area contributed by atoms with Gasteiger partial charge in [0.1, 0.15) is 22.4 Å². The molecule has 0 radical (unpaired) electrons. The second kappa shape index (κ2) is 7.40. The van der Waals surface area contributed by atoms with Crippen LogP contribution in [-0.4, -0.2) is 51.9 Å². The zero-order valence-electron chi connectivity index (χ0n) is 16.1. The van der Waals surface area contributed by atoms with E-state index in [4.69, 9.17) is 9.47 Å². The van der Waals surface area contributed by atoms with Crippen molar-refractivity contribution in [2.45, 2.75) is 23.8 Å². The molecule has 2 aliphatic rings. The van der Waals surface area contributed by atoms with E-state index >= 15 is 0 Å². The van der Waals surface area contributed by atoms with Crippen LogP contribution in [0.5, 0.6) is 11.5 Å². The molecule has 2 aromatic carbocycles. The van der Waals surface area contributed by atoms with Gasteiger partial charge in [-0.25, -0.2) is 0 Å². The summed E-state index contributed by atoms with van der Waals surface area (Å²) < 4.78 is 39.2.